The highest BCUT2D eigenvalue weighted by atomic mass is 32.1. The van der Waals surface area contributed by atoms with Gasteiger partial charge in [0.2, 0.25) is 0 Å². The summed E-state index contributed by atoms with van der Waals surface area (Å²) in [5, 5.41) is 2.43. The summed E-state index contributed by atoms with van der Waals surface area (Å²) in [5.74, 6) is 0. The molecule has 0 bridgehead atoms. The highest BCUT2D eigenvalue weighted by Gasteiger charge is 2.18. The lowest BCUT2D eigenvalue weighted by atomic mass is 9.86. The van der Waals surface area contributed by atoms with Crippen LogP contribution < -0.4 is 0 Å². The monoisotopic (exact) mass is 215 g/mol. The molecule has 0 amide bonds. The smallest absolute Gasteiger partial charge is 0.0492 e. The molecule has 0 nitrogen and oxygen atoms in total. The maximum Gasteiger partial charge on any atom is 0.0492 e. The number of rotatable bonds is 0. The number of hydrogen-bond donors (Lipinski definition) is 0. The molecule has 0 unspecified atom stereocenters. The fourth-order valence-electron chi connectivity index (χ4n) is 1.83. The van der Waals surface area contributed by atoms with Gasteiger partial charge in [-0.1, -0.05) is 69.8 Å². The van der Waals surface area contributed by atoms with Crippen LogP contribution >= 0.6 is 12.6 Å². The lowest BCUT2D eigenvalue weighted by Crippen LogP contribution is -2.12. The molecule has 1 heteroatoms. The van der Waals surface area contributed by atoms with Crippen LogP contribution in [0, 0.1) is 0 Å². The molecule has 0 aliphatic heterocycles. The van der Waals surface area contributed by atoms with E-state index >= 15 is 0 Å². The quantitative estimate of drug-likeness (QED) is 0.598. The summed E-state index contributed by atoms with van der Waals surface area (Å²) in [4.78, 5) is 1.00. The van der Waals surface area contributed by atoms with E-state index in [-0.39, 0.29) is 5.41 Å². The second kappa shape index (κ2) is 3.49. The molecule has 0 atom stereocenters. The SMILES string of the molecule is CC(C)(C)c1ccc2ccccc2c1[S]. The zero-order valence-electron chi connectivity index (χ0n) is 9.37. The van der Waals surface area contributed by atoms with Crippen molar-refractivity contribution in [1.29, 1.82) is 0 Å². The van der Waals surface area contributed by atoms with Gasteiger partial charge in [-0.15, -0.1) is 0 Å². The fraction of sp³-hybridized carbons (Fsp3) is 0.286. The molecule has 2 aromatic rings. The maximum atomic E-state index is 5.54. The number of hydrogen-bond acceptors (Lipinski definition) is 0. The third kappa shape index (κ3) is 1.84. The molecule has 0 aliphatic rings. The Balaban J connectivity index is 2.76. The second-order valence-corrected chi connectivity index (χ2v) is 5.32. The fourth-order valence-corrected chi connectivity index (χ4v) is 2.39. The van der Waals surface area contributed by atoms with E-state index < -0.39 is 0 Å². The van der Waals surface area contributed by atoms with Gasteiger partial charge in [-0.25, -0.2) is 0 Å². The van der Waals surface area contributed by atoms with E-state index in [2.05, 4.69) is 45.0 Å². The van der Waals surface area contributed by atoms with E-state index in [4.69, 9.17) is 12.6 Å². The van der Waals surface area contributed by atoms with E-state index in [0.717, 1.165) is 4.90 Å². The first kappa shape index (κ1) is 10.4. The average molecular weight is 215 g/mol. The third-order valence-electron chi connectivity index (χ3n) is 2.69. The van der Waals surface area contributed by atoms with E-state index in [1.807, 2.05) is 12.1 Å². The van der Waals surface area contributed by atoms with Gasteiger partial charge in [-0.3, -0.25) is 0 Å². The summed E-state index contributed by atoms with van der Waals surface area (Å²) in [6, 6.07) is 12.6. The van der Waals surface area contributed by atoms with Crippen LogP contribution in [0.2, 0.25) is 0 Å². The first-order valence-electron chi connectivity index (χ1n) is 5.19. The van der Waals surface area contributed by atoms with Gasteiger partial charge in [0.05, 0.1) is 0 Å². The molecule has 0 saturated carbocycles. The molecule has 2 rings (SSSR count). The van der Waals surface area contributed by atoms with Crippen molar-refractivity contribution in [2.45, 2.75) is 31.1 Å². The number of benzene rings is 2. The van der Waals surface area contributed by atoms with Crippen LogP contribution in [0.15, 0.2) is 41.3 Å². The summed E-state index contributed by atoms with van der Waals surface area (Å²) >= 11 is 5.54. The summed E-state index contributed by atoms with van der Waals surface area (Å²) in [6.45, 7) is 6.60. The van der Waals surface area contributed by atoms with Crippen molar-refractivity contribution in [3.05, 3.63) is 42.0 Å². The second-order valence-electron chi connectivity index (χ2n) is 4.91. The first-order chi connectivity index (χ1) is 7.00. The molecule has 0 saturated heterocycles. The van der Waals surface area contributed by atoms with E-state index in [9.17, 15) is 0 Å². The molecule has 1 radical (unpaired) electrons. The third-order valence-corrected chi connectivity index (χ3v) is 3.13. The molecule has 2 aromatic carbocycles. The van der Waals surface area contributed by atoms with Gasteiger partial charge in [0.15, 0.2) is 0 Å². The summed E-state index contributed by atoms with van der Waals surface area (Å²) in [5.41, 5.74) is 1.39. The minimum absolute atomic E-state index is 0.126. The molecule has 0 aromatic heterocycles. The van der Waals surface area contributed by atoms with Crippen molar-refractivity contribution < 1.29 is 0 Å². The average Bonchev–Trinajstić information content (AvgIpc) is 2.16. The predicted octanol–water partition coefficient (Wildman–Crippen LogP) is 4.69. The highest BCUT2D eigenvalue weighted by Crippen LogP contribution is 2.33. The Labute approximate surface area is 96.7 Å². The standard InChI is InChI=1S/C14H15S/c1-14(2,3)12-9-8-10-6-4-5-7-11(10)13(12)15/h4-9H,1-3H3. The van der Waals surface area contributed by atoms with Gasteiger partial charge >= 0.3 is 0 Å². The van der Waals surface area contributed by atoms with Crippen LogP contribution in [-0.4, -0.2) is 0 Å². The zero-order valence-corrected chi connectivity index (χ0v) is 10.2. The van der Waals surface area contributed by atoms with Crippen LogP contribution in [0.5, 0.6) is 0 Å². The molecule has 15 heavy (non-hydrogen) atoms. The Morgan fingerprint density at radius 1 is 0.933 bits per heavy atom. The van der Waals surface area contributed by atoms with Gasteiger partial charge in [0, 0.05) is 10.3 Å². The molecule has 77 valence electrons. The topological polar surface area (TPSA) is 0 Å². The Morgan fingerprint density at radius 3 is 2.27 bits per heavy atom. The molecule has 0 fully saturated rings. The van der Waals surface area contributed by atoms with Gasteiger partial charge in [0.25, 0.3) is 0 Å². The minimum atomic E-state index is 0.126. The number of fused-ring (bicyclic) bond motifs is 1. The van der Waals surface area contributed by atoms with Gasteiger partial charge in [-0.05, 0) is 16.4 Å². The molecule has 0 spiro atoms. The Morgan fingerprint density at radius 2 is 1.60 bits per heavy atom. The van der Waals surface area contributed by atoms with E-state index in [1.54, 1.807) is 0 Å². The minimum Gasteiger partial charge on any atom is -0.0791 e. The molecule has 0 heterocycles. The molecular weight excluding hydrogens is 200 g/mol. The Bertz CT molecular complexity index is 492. The van der Waals surface area contributed by atoms with Crippen molar-refractivity contribution in [2.75, 3.05) is 0 Å². The van der Waals surface area contributed by atoms with Crippen LogP contribution in [0.4, 0.5) is 0 Å². The van der Waals surface area contributed by atoms with Gasteiger partial charge < -0.3 is 0 Å². The maximum absolute atomic E-state index is 5.54. The summed E-state index contributed by atoms with van der Waals surface area (Å²) in [6.07, 6.45) is 0. The Kier molecular flexibility index (Phi) is 2.43. The van der Waals surface area contributed by atoms with Crippen molar-refractivity contribution in [2.24, 2.45) is 0 Å². The van der Waals surface area contributed by atoms with Crippen LogP contribution in [0.1, 0.15) is 26.3 Å². The van der Waals surface area contributed by atoms with Crippen molar-refractivity contribution in [3.63, 3.8) is 0 Å². The first-order valence-corrected chi connectivity index (χ1v) is 5.60. The summed E-state index contributed by atoms with van der Waals surface area (Å²) in [7, 11) is 0. The molecule has 0 aliphatic carbocycles. The van der Waals surface area contributed by atoms with Crippen LogP contribution in [-0.2, 0) is 5.41 Å². The van der Waals surface area contributed by atoms with E-state index in [0.29, 0.717) is 0 Å². The normalized spacial score (nSPS) is 11.9. The molecule has 0 N–H and O–H groups in total. The van der Waals surface area contributed by atoms with Crippen LogP contribution in [0.25, 0.3) is 10.8 Å². The lowest BCUT2D eigenvalue weighted by molar-refractivity contribution is 0.580. The zero-order chi connectivity index (χ0) is 11.1. The lowest BCUT2D eigenvalue weighted by Gasteiger charge is -2.21. The van der Waals surface area contributed by atoms with Gasteiger partial charge in [0.1, 0.15) is 0 Å². The Hall–Kier alpha value is -1.08. The van der Waals surface area contributed by atoms with E-state index in [1.165, 1.54) is 16.3 Å². The van der Waals surface area contributed by atoms with Crippen molar-refractivity contribution >= 4 is 23.4 Å². The van der Waals surface area contributed by atoms with Crippen LogP contribution in [0.3, 0.4) is 0 Å². The predicted molar refractivity (Wildman–Crippen MR) is 68.5 cm³/mol. The summed E-state index contributed by atoms with van der Waals surface area (Å²) < 4.78 is 0. The van der Waals surface area contributed by atoms with Crippen molar-refractivity contribution in [1.82, 2.24) is 0 Å². The largest absolute Gasteiger partial charge is 0.0791 e. The highest BCUT2D eigenvalue weighted by molar-refractivity contribution is 7.80. The van der Waals surface area contributed by atoms with Crippen molar-refractivity contribution in [3.8, 4) is 0 Å². The van der Waals surface area contributed by atoms with Gasteiger partial charge in [-0.2, -0.15) is 0 Å². The molecular formula is C14H15S.